The smallest absolute Gasteiger partial charge is 0.425 e. The van der Waals surface area contributed by atoms with E-state index >= 15 is 0 Å². The fraction of sp³-hybridized carbons (Fsp3) is 0.450. The van der Waals surface area contributed by atoms with E-state index in [1.807, 2.05) is 6.92 Å². The second-order valence-corrected chi connectivity index (χ2v) is 7.21. The van der Waals surface area contributed by atoms with Gasteiger partial charge in [0.05, 0.1) is 0 Å². The zero-order chi connectivity index (χ0) is 21.3. The van der Waals surface area contributed by atoms with Crippen LogP contribution in [-0.2, 0) is 6.54 Å². The van der Waals surface area contributed by atoms with Gasteiger partial charge in [0, 0.05) is 18.5 Å². The first-order valence-electron chi connectivity index (χ1n) is 9.83. The summed E-state index contributed by atoms with van der Waals surface area (Å²) in [5.41, 5.74) is -0.390. The van der Waals surface area contributed by atoms with E-state index in [4.69, 9.17) is 4.74 Å². The van der Waals surface area contributed by atoms with Crippen LogP contribution in [0.15, 0.2) is 34.1 Å². The average molecular weight is 421 g/mol. The first-order valence-corrected chi connectivity index (χ1v) is 9.83. The Kier molecular flexibility index (Phi) is 5.40. The summed E-state index contributed by atoms with van der Waals surface area (Å²) in [7, 11) is 0. The van der Waals surface area contributed by atoms with Crippen molar-refractivity contribution < 1.29 is 22.6 Å². The van der Waals surface area contributed by atoms with Gasteiger partial charge < -0.3 is 9.47 Å². The van der Waals surface area contributed by atoms with E-state index in [9.17, 15) is 18.0 Å². The van der Waals surface area contributed by atoms with Gasteiger partial charge in [-0.1, -0.05) is 25.8 Å². The van der Waals surface area contributed by atoms with Gasteiger partial charge in [0.2, 0.25) is 0 Å². The van der Waals surface area contributed by atoms with Crippen LogP contribution in [0.2, 0.25) is 0 Å². The van der Waals surface area contributed by atoms with Crippen LogP contribution in [-0.4, -0.2) is 21.7 Å². The quantitative estimate of drug-likeness (QED) is 0.670. The minimum Gasteiger partial charge on any atom is -0.425 e. The Balaban J connectivity index is 1.68. The normalized spacial score (nSPS) is 16.2. The maximum atomic E-state index is 12.5. The molecule has 0 bridgehead atoms. The van der Waals surface area contributed by atoms with E-state index in [1.54, 1.807) is 4.57 Å². The van der Waals surface area contributed by atoms with E-state index in [0.29, 0.717) is 24.6 Å². The van der Waals surface area contributed by atoms with Crippen molar-refractivity contribution in [3.05, 3.63) is 34.6 Å². The molecule has 1 aliphatic heterocycles. The molecular weight excluding hydrogens is 401 g/mol. The molecule has 0 N–H and O–H groups in total. The summed E-state index contributed by atoms with van der Waals surface area (Å²) >= 11 is 0. The molecule has 2 heterocycles. The van der Waals surface area contributed by atoms with Crippen molar-refractivity contribution in [3.8, 4) is 17.5 Å². The van der Waals surface area contributed by atoms with E-state index in [1.165, 1.54) is 12.1 Å². The molecule has 1 aromatic carbocycles. The summed E-state index contributed by atoms with van der Waals surface area (Å²) in [6.45, 7) is 2.40. The van der Waals surface area contributed by atoms with E-state index in [-0.39, 0.29) is 23.4 Å². The third-order valence-corrected chi connectivity index (χ3v) is 4.96. The highest BCUT2D eigenvalue weighted by atomic mass is 19.4. The van der Waals surface area contributed by atoms with Gasteiger partial charge in [-0.2, -0.15) is 4.98 Å². The number of ether oxygens (including phenoxy) is 2. The minimum atomic E-state index is -4.82. The Morgan fingerprint density at radius 3 is 2.63 bits per heavy atom. The predicted octanol–water partition coefficient (Wildman–Crippen LogP) is 4.81. The zero-order valence-electron chi connectivity index (χ0n) is 16.3. The van der Waals surface area contributed by atoms with Gasteiger partial charge >= 0.3 is 17.9 Å². The fourth-order valence-electron chi connectivity index (χ4n) is 3.68. The summed E-state index contributed by atoms with van der Waals surface area (Å²) in [5, 5.41) is 4.43. The van der Waals surface area contributed by atoms with Crippen LogP contribution >= 0.6 is 0 Å². The van der Waals surface area contributed by atoms with Crippen molar-refractivity contribution in [3.63, 3.8) is 0 Å². The summed E-state index contributed by atoms with van der Waals surface area (Å²) in [6, 6.07) is 5.01. The van der Waals surface area contributed by atoms with Gasteiger partial charge in [-0.05, 0) is 31.4 Å². The zero-order valence-corrected chi connectivity index (χ0v) is 16.3. The van der Waals surface area contributed by atoms with Crippen LogP contribution < -0.4 is 20.3 Å². The number of nitrogens with zero attached hydrogens (tertiary/aromatic N) is 4. The number of fused-ring (bicyclic) bond motifs is 1. The van der Waals surface area contributed by atoms with Gasteiger partial charge in [0.1, 0.15) is 17.3 Å². The van der Waals surface area contributed by atoms with Crippen LogP contribution in [0.5, 0.6) is 17.5 Å². The molecule has 1 saturated carbocycles. The predicted molar refractivity (Wildman–Crippen MR) is 103 cm³/mol. The number of aliphatic imine (C=N–C) groups is 1. The molecule has 0 amide bonds. The number of amidine groups is 1. The summed E-state index contributed by atoms with van der Waals surface area (Å²) in [6.07, 6.45) is 0.0813. The Bertz CT molecular complexity index is 1030. The molecule has 0 saturated heterocycles. The molecule has 2 aromatic rings. The fourth-order valence-corrected chi connectivity index (χ4v) is 3.68. The van der Waals surface area contributed by atoms with Gasteiger partial charge in [-0.25, -0.2) is 10.3 Å². The van der Waals surface area contributed by atoms with E-state index in [2.05, 4.69) is 20.0 Å². The summed E-state index contributed by atoms with van der Waals surface area (Å²) in [4.78, 5) is 21.1. The monoisotopic (exact) mass is 421 g/mol. The molecule has 0 spiro atoms. The maximum Gasteiger partial charge on any atom is 0.573 e. The molecule has 159 valence electrons. The summed E-state index contributed by atoms with van der Waals surface area (Å²) < 4.78 is 48.7. The molecule has 30 heavy (non-hydrogen) atoms. The highest BCUT2D eigenvalue weighted by Crippen LogP contribution is 2.37. The molecule has 10 heteroatoms. The Morgan fingerprint density at radius 1 is 1.20 bits per heavy atom. The molecule has 0 atom stereocenters. The van der Waals surface area contributed by atoms with Crippen LogP contribution in [0.1, 0.15) is 39.0 Å². The number of halogens is 3. The van der Waals surface area contributed by atoms with Crippen LogP contribution in [0.4, 0.5) is 24.7 Å². The topological polar surface area (TPSA) is 79.8 Å². The largest absolute Gasteiger partial charge is 0.573 e. The average Bonchev–Trinajstić information content (AvgIpc) is 3.33. The lowest BCUT2D eigenvalue weighted by molar-refractivity contribution is -0.274. The first kappa shape index (κ1) is 20.2. The molecule has 2 aliphatic rings. The van der Waals surface area contributed by atoms with E-state index in [0.717, 1.165) is 37.8 Å². The highest BCUT2D eigenvalue weighted by Gasteiger charge is 2.32. The third-order valence-electron chi connectivity index (χ3n) is 4.96. The first-order chi connectivity index (χ1) is 14.3. The molecule has 1 radical (unpaired) electrons. The molecule has 1 aliphatic carbocycles. The second-order valence-electron chi connectivity index (χ2n) is 7.21. The van der Waals surface area contributed by atoms with Gasteiger partial charge in [-0.3, -0.25) is 9.36 Å². The lowest BCUT2D eigenvalue weighted by Gasteiger charge is -2.15. The number of hydrogen-bond acceptors (Lipinski definition) is 5. The Labute approximate surface area is 170 Å². The number of hydrogen-bond donors (Lipinski definition) is 0. The maximum absolute atomic E-state index is 12.5. The lowest BCUT2D eigenvalue weighted by atomic mass is 10.1. The molecule has 7 nitrogen and oxygen atoms in total. The van der Waals surface area contributed by atoms with Gasteiger partial charge in [-0.15, -0.1) is 13.2 Å². The van der Waals surface area contributed by atoms with Gasteiger partial charge in [0.25, 0.3) is 0 Å². The highest BCUT2D eigenvalue weighted by molar-refractivity contribution is 5.96. The third kappa shape index (κ3) is 4.27. The van der Waals surface area contributed by atoms with E-state index < -0.39 is 17.7 Å². The van der Waals surface area contributed by atoms with Crippen LogP contribution in [0.25, 0.3) is 0 Å². The summed E-state index contributed by atoms with van der Waals surface area (Å²) in [5.74, 6) is 0.887. The lowest BCUT2D eigenvalue weighted by Crippen LogP contribution is -2.21. The second kappa shape index (κ2) is 8.00. The van der Waals surface area contributed by atoms with Crippen LogP contribution in [0.3, 0.4) is 0 Å². The van der Waals surface area contributed by atoms with Gasteiger partial charge in [0.15, 0.2) is 11.5 Å². The van der Waals surface area contributed by atoms with Crippen molar-refractivity contribution in [2.45, 2.75) is 51.9 Å². The molecule has 4 rings (SSSR count). The standard InChI is InChI=1S/C20H20F3N4O3/c1-2-10-27-17-15(24-16(25-17)12-6-3-4-7-12)18(28)26-19(27)29-13-8-5-9-14(11-13)30-20(21,22)23/h5,8-9,11-12H,2-4,6-7,10H2,1H3. The molecule has 1 fully saturated rings. The molecule has 1 aromatic heterocycles. The van der Waals surface area contributed by atoms with Crippen molar-refractivity contribution >= 4 is 17.3 Å². The number of aromatic nitrogens is 2. The number of benzene rings is 1. The van der Waals surface area contributed by atoms with Crippen LogP contribution in [0, 0.1) is 5.92 Å². The van der Waals surface area contributed by atoms with Crippen molar-refractivity contribution in [2.75, 3.05) is 0 Å². The molecular formula is C20H20F3N4O3. The van der Waals surface area contributed by atoms with Crippen molar-refractivity contribution in [2.24, 2.45) is 10.9 Å². The SMILES string of the molecule is CCCn1c(Oc2cccc(OC(F)(F)F)c2)nc(=O)c2c1N=C(C1CCCC1)[N]2. The minimum absolute atomic E-state index is 0.0450. The van der Waals surface area contributed by atoms with Crippen molar-refractivity contribution in [1.29, 1.82) is 0 Å². The number of rotatable bonds is 6. The van der Waals surface area contributed by atoms with Crippen molar-refractivity contribution in [1.82, 2.24) is 14.9 Å². The Morgan fingerprint density at radius 2 is 1.93 bits per heavy atom. The molecule has 0 unspecified atom stereocenters. The Hall–Kier alpha value is -3.04. The number of alkyl halides is 3.